The second kappa shape index (κ2) is 5.98. The Morgan fingerprint density at radius 1 is 1.50 bits per heavy atom. The van der Waals surface area contributed by atoms with E-state index in [1.54, 1.807) is 0 Å². The van der Waals surface area contributed by atoms with Crippen LogP contribution in [0.25, 0.3) is 0 Å². The van der Waals surface area contributed by atoms with Crippen molar-refractivity contribution in [2.45, 2.75) is 32.0 Å². The molecule has 2 nitrogen and oxygen atoms in total. The van der Waals surface area contributed by atoms with Crippen molar-refractivity contribution in [2.24, 2.45) is 0 Å². The van der Waals surface area contributed by atoms with Gasteiger partial charge in [0, 0.05) is 22.5 Å². The lowest BCUT2D eigenvalue weighted by Crippen LogP contribution is -2.34. The Labute approximate surface area is 92.1 Å². The van der Waals surface area contributed by atoms with Crippen molar-refractivity contribution in [1.82, 2.24) is 4.98 Å². The molecule has 0 aromatic carbocycles. The Hall–Kier alpha value is -0.616. The first kappa shape index (κ1) is 11.5. The quantitative estimate of drug-likeness (QED) is 0.680. The summed E-state index contributed by atoms with van der Waals surface area (Å²) in [5, 5.41) is 0. The molecule has 78 valence electrons. The van der Waals surface area contributed by atoms with Gasteiger partial charge < -0.3 is 4.57 Å². The van der Waals surface area contributed by atoms with E-state index < -0.39 is 0 Å². The molecule has 0 amide bonds. The van der Waals surface area contributed by atoms with Gasteiger partial charge in [0.25, 0.3) is 0 Å². The number of aromatic nitrogens is 1. The lowest BCUT2D eigenvalue weighted by molar-refractivity contribution is 0.809. The van der Waals surface area contributed by atoms with Crippen LogP contribution in [0, 0.1) is 0 Å². The summed E-state index contributed by atoms with van der Waals surface area (Å²) in [6.45, 7) is 4.52. The van der Waals surface area contributed by atoms with Crippen LogP contribution in [-0.4, -0.2) is 30.9 Å². The van der Waals surface area contributed by atoms with Crippen LogP contribution in [0.15, 0.2) is 24.4 Å². The first-order chi connectivity index (χ1) is 6.75. The molecular formula is C10H20N2Si2. The third kappa shape index (κ3) is 3.27. The second-order valence-corrected chi connectivity index (χ2v) is 6.66. The molecule has 0 aliphatic heterocycles. The average molecular weight is 224 g/mol. The Bertz CT molecular complexity index is 252. The minimum Gasteiger partial charge on any atom is -0.387 e. The average Bonchev–Trinajstić information content (AvgIpc) is 2.19. The van der Waals surface area contributed by atoms with Gasteiger partial charge in [-0.3, -0.25) is 0 Å². The van der Waals surface area contributed by atoms with E-state index >= 15 is 0 Å². The number of rotatable bonds is 5. The van der Waals surface area contributed by atoms with Crippen molar-refractivity contribution >= 4 is 25.7 Å². The molecule has 0 spiro atoms. The maximum Gasteiger partial charge on any atom is 0.126 e. The first-order valence-corrected chi connectivity index (χ1v) is 8.48. The van der Waals surface area contributed by atoms with Crippen molar-refractivity contribution in [3.8, 4) is 0 Å². The van der Waals surface area contributed by atoms with Crippen LogP contribution in [0.5, 0.6) is 0 Å². The van der Waals surface area contributed by atoms with Crippen LogP contribution < -0.4 is 4.57 Å². The SMILES string of the molecule is CC(C)N([SiH2]CC[SiH3])c1ccccn1. The number of anilines is 1. The minimum atomic E-state index is -0.115. The molecule has 0 aliphatic rings. The summed E-state index contributed by atoms with van der Waals surface area (Å²) in [6, 6.07) is 9.65. The number of hydrogen-bond donors (Lipinski definition) is 0. The fourth-order valence-corrected chi connectivity index (χ4v) is 4.03. The summed E-state index contributed by atoms with van der Waals surface area (Å²) in [6.07, 6.45) is 1.89. The lowest BCUT2D eigenvalue weighted by Gasteiger charge is -2.27. The summed E-state index contributed by atoms with van der Waals surface area (Å²) >= 11 is 0. The monoisotopic (exact) mass is 224 g/mol. The zero-order chi connectivity index (χ0) is 10.4. The van der Waals surface area contributed by atoms with Gasteiger partial charge in [-0.2, -0.15) is 0 Å². The smallest absolute Gasteiger partial charge is 0.126 e. The van der Waals surface area contributed by atoms with Gasteiger partial charge in [-0.05, 0) is 32.0 Å². The van der Waals surface area contributed by atoms with Crippen LogP contribution in [0.2, 0.25) is 12.1 Å². The highest BCUT2D eigenvalue weighted by Crippen LogP contribution is 2.12. The number of hydrogen-bond acceptors (Lipinski definition) is 2. The topological polar surface area (TPSA) is 16.1 Å². The lowest BCUT2D eigenvalue weighted by atomic mass is 10.4. The summed E-state index contributed by atoms with van der Waals surface area (Å²) in [5.41, 5.74) is 0. The Balaban J connectivity index is 2.68. The van der Waals surface area contributed by atoms with E-state index in [0.29, 0.717) is 6.04 Å². The van der Waals surface area contributed by atoms with E-state index in [1.165, 1.54) is 28.1 Å². The molecule has 4 heteroatoms. The molecule has 0 N–H and O–H groups in total. The molecule has 1 aromatic heterocycles. The maximum atomic E-state index is 4.43. The predicted molar refractivity (Wildman–Crippen MR) is 69.9 cm³/mol. The summed E-state index contributed by atoms with van der Waals surface area (Å²) < 4.78 is 2.51. The molecule has 1 aromatic rings. The van der Waals surface area contributed by atoms with Gasteiger partial charge in [-0.25, -0.2) is 4.98 Å². The van der Waals surface area contributed by atoms with Crippen molar-refractivity contribution in [1.29, 1.82) is 0 Å². The molecule has 0 radical (unpaired) electrons. The van der Waals surface area contributed by atoms with E-state index in [9.17, 15) is 0 Å². The van der Waals surface area contributed by atoms with Gasteiger partial charge in [0.15, 0.2) is 0 Å². The fraction of sp³-hybridized carbons (Fsp3) is 0.500. The van der Waals surface area contributed by atoms with Gasteiger partial charge in [0.1, 0.15) is 15.5 Å². The molecule has 0 bridgehead atoms. The van der Waals surface area contributed by atoms with E-state index in [4.69, 9.17) is 0 Å². The molecule has 0 fully saturated rings. The first-order valence-electron chi connectivity index (χ1n) is 5.43. The van der Waals surface area contributed by atoms with Crippen molar-refractivity contribution < 1.29 is 0 Å². The molecule has 1 heterocycles. The van der Waals surface area contributed by atoms with Crippen LogP contribution >= 0.6 is 0 Å². The molecule has 0 saturated carbocycles. The number of pyridine rings is 1. The third-order valence-electron chi connectivity index (χ3n) is 2.32. The molecule has 0 aliphatic carbocycles. The van der Waals surface area contributed by atoms with Gasteiger partial charge in [-0.1, -0.05) is 12.1 Å². The van der Waals surface area contributed by atoms with Crippen LogP contribution in [0.1, 0.15) is 13.8 Å². The van der Waals surface area contributed by atoms with E-state index in [0.717, 1.165) is 0 Å². The molecule has 0 saturated heterocycles. The Morgan fingerprint density at radius 3 is 2.79 bits per heavy atom. The molecular weight excluding hydrogens is 204 g/mol. The Kier molecular flexibility index (Phi) is 4.89. The largest absolute Gasteiger partial charge is 0.387 e. The fourth-order valence-electron chi connectivity index (χ4n) is 1.49. The van der Waals surface area contributed by atoms with Gasteiger partial charge in [-0.15, -0.1) is 0 Å². The zero-order valence-corrected chi connectivity index (χ0v) is 12.8. The van der Waals surface area contributed by atoms with Crippen molar-refractivity contribution in [3.05, 3.63) is 24.4 Å². The third-order valence-corrected chi connectivity index (χ3v) is 7.00. The van der Waals surface area contributed by atoms with Crippen molar-refractivity contribution in [2.75, 3.05) is 4.57 Å². The summed E-state index contributed by atoms with van der Waals surface area (Å²) in [4.78, 5) is 4.43. The van der Waals surface area contributed by atoms with Gasteiger partial charge in [0.05, 0.1) is 0 Å². The molecule has 0 atom stereocenters. The van der Waals surface area contributed by atoms with Crippen molar-refractivity contribution in [3.63, 3.8) is 0 Å². The predicted octanol–water partition coefficient (Wildman–Crippen LogP) is 0.582. The van der Waals surface area contributed by atoms with E-state index in [2.05, 4.69) is 35.5 Å². The van der Waals surface area contributed by atoms with Crippen LogP contribution in [0.3, 0.4) is 0 Å². The summed E-state index contributed by atoms with van der Waals surface area (Å²) in [7, 11) is 1.23. The minimum absolute atomic E-state index is 0.115. The Morgan fingerprint density at radius 2 is 2.29 bits per heavy atom. The zero-order valence-electron chi connectivity index (χ0n) is 9.40. The standard InChI is InChI=1S/C10H20N2Si2/c1-9(2)12(14-8-7-13)10-5-3-4-6-11-10/h3-6,9H,7-8,14H2,1-2,13H3. The maximum absolute atomic E-state index is 4.43. The number of nitrogens with zero attached hydrogens (tertiary/aromatic N) is 2. The summed E-state index contributed by atoms with van der Waals surface area (Å²) in [5.74, 6) is 1.17. The van der Waals surface area contributed by atoms with Crippen LogP contribution in [-0.2, 0) is 0 Å². The second-order valence-electron chi connectivity index (χ2n) is 3.83. The van der Waals surface area contributed by atoms with Crippen LogP contribution in [0.4, 0.5) is 5.82 Å². The molecule has 1 rings (SSSR count). The van der Waals surface area contributed by atoms with Gasteiger partial charge in [0.2, 0.25) is 0 Å². The van der Waals surface area contributed by atoms with E-state index in [-0.39, 0.29) is 9.68 Å². The molecule has 0 unspecified atom stereocenters. The molecule has 14 heavy (non-hydrogen) atoms. The highest BCUT2D eigenvalue weighted by atomic mass is 28.2. The van der Waals surface area contributed by atoms with E-state index in [1.807, 2.05) is 12.3 Å². The normalized spacial score (nSPS) is 11.6. The highest BCUT2D eigenvalue weighted by molar-refractivity contribution is 6.42. The van der Waals surface area contributed by atoms with Gasteiger partial charge >= 0.3 is 0 Å². The highest BCUT2D eigenvalue weighted by Gasteiger charge is 2.09.